The Kier molecular flexibility index (Phi) is 4.25. The number of carbonyl (C=O) groups is 1. The van der Waals surface area contributed by atoms with Gasteiger partial charge in [0.2, 0.25) is 0 Å². The van der Waals surface area contributed by atoms with Crippen molar-refractivity contribution < 1.29 is 19.4 Å². The lowest BCUT2D eigenvalue weighted by Gasteiger charge is -2.33. The van der Waals surface area contributed by atoms with E-state index in [0.29, 0.717) is 19.6 Å². The van der Waals surface area contributed by atoms with Gasteiger partial charge in [-0.05, 0) is 12.5 Å². The monoisotopic (exact) mass is 200 g/mol. The zero-order valence-corrected chi connectivity index (χ0v) is 8.36. The van der Waals surface area contributed by atoms with Gasteiger partial charge in [0.15, 0.2) is 5.78 Å². The van der Waals surface area contributed by atoms with E-state index in [1.807, 2.05) is 6.92 Å². The van der Waals surface area contributed by atoms with Crippen LogP contribution in [0.1, 0.15) is 13.3 Å². The third-order valence-electron chi connectivity index (χ3n) is 2.50. The molecule has 4 heteroatoms. The average molecular weight is 200 g/mol. The number of hydrogen-bond acceptors (Lipinski definition) is 4. The maximum absolute atomic E-state index is 11.8. The van der Waals surface area contributed by atoms with E-state index >= 15 is 0 Å². The van der Waals surface area contributed by atoms with Crippen LogP contribution in [0.5, 0.6) is 0 Å². The Morgan fingerprint density at radius 1 is 1.50 bits per heavy atom. The van der Waals surface area contributed by atoms with Gasteiger partial charge in [-0.1, -0.05) is 13.0 Å². The Labute approximate surface area is 83.5 Å². The number of carbonyl (C=O) groups excluding carboxylic acids is 1. The number of aliphatic hydroxyl groups excluding tert-OH is 1. The lowest BCUT2D eigenvalue weighted by molar-refractivity contribution is -0.173. The van der Waals surface area contributed by atoms with Crippen molar-refractivity contribution >= 4 is 5.78 Å². The van der Waals surface area contributed by atoms with E-state index in [1.165, 1.54) is 12.2 Å². The molecule has 0 amide bonds. The van der Waals surface area contributed by atoms with Crippen molar-refractivity contribution in [1.29, 1.82) is 0 Å². The summed E-state index contributed by atoms with van der Waals surface area (Å²) in [7, 11) is 0. The first kappa shape index (κ1) is 11.4. The molecule has 0 aromatic heterocycles. The van der Waals surface area contributed by atoms with E-state index in [4.69, 9.17) is 14.6 Å². The second-order valence-electron chi connectivity index (χ2n) is 3.40. The molecule has 1 fully saturated rings. The van der Waals surface area contributed by atoms with E-state index in [2.05, 4.69) is 0 Å². The first-order valence-electron chi connectivity index (χ1n) is 4.72. The van der Waals surface area contributed by atoms with Crippen LogP contribution >= 0.6 is 0 Å². The molecular weight excluding hydrogens is 184 g/mol. The lowest BCUT2D eigenvalue weighted by Crippen LogP contribution is -2.42. The minimum atomic E-state index is -0.552. The molecule has 1 heterocycles. The molecule has 0 spiro atoms. The molecule has 0 aromatic rings. The van der Waals surface area contributed by atoms with Gasteiger partial charge in [-0.2, -0.15) is 0 Å². The van der Waals surface area contributed by atoms with Crippen LogP contribution in [0.4, 0.5) is 0 Å². The minimum absolute atomic E-state index is 0.0336. The molecule has 0 unspecified atom stereocenters. The molecule has 14 heavy (non-hydrogen) atoms. The van der Waals surface area contributed by atoms with Crippen molar-refractivity contribution in [2.75, 3.05) is 26.6 Å². The van der Waals surface area contributed by atoms with Crippen LogP contribution in [0, 0.1) is 5.41 Å². The molecule has 0 saturated carbocycles. The predicted octanol–water partition coefficient (Wildman–Crippen LogP) is 0.505. The summed E-state index contributed by atoms with van der Waals surface area (Å²) in [6.07, 6.45) is 3.53. The van der Waals surface area contributed by atoms with Crippen LogP contribution in [0.3, 0.4) is 0 Å². The molecule has 1 N–H and O–H groups in total. The maximum Gasteiger partial charge on any atom is 0.166 e. The van der Waals surface area contributed by atoms with Gasteiger partial charge in [0.25, 0.3) is 0 Å². The number of hydrogen-bond donors (Lipinski definition) is 1. The molecule has 80 valence electrons. The number of ketones is 1. The highest BCUT2D eigenvalue weighted by molar-refractivity contribution is 5.95. The second kappa shape index (κ2) is 5.24. The molecular formula is C10H16O4. The van der Waals surface area contributed by atoms with E-state index in [1.54, 1.807) is 0 Å². The lowest BCUT2D eigenvalue weighted by atomic mass is 9.81. The molecule has 1 saturated heterocycles. The maximum atomic E-state index is 11.8. The molecule has 1 aliphatic heterocycles. The molecule has 1 aliphatic rings. The Bertz CT molecular complexity index is 216. The van der Waals surface area contributed by atoms with Crippen molar-refractivity contribution in [1.82, 2.24) is 0 Å². The smallest absolute Gasteiger partial charge is 0.166 e. The summed E-state index contributed by atoms with van der Waals surface area (Å²) in [4.78, 5) is 11.8. The topological polar surface area (TPSA) is 55.8 Å². The van der Waals surface area contributed by atoms with Crippen molar-refractivity contribution in [3.05, 3.63) is 12.2 Å². The third-order valence-corrected chi connectivity index (χ3v) is 2.50. The summed E-state index contributed by atoms with van der Waals surface area (Å²) >= 11 is 0. The minimum Gasteiger partial charge on any atom is -0.392 e. The summed E-state index contributed by atoms with van der Waals surface area (Å²) < 4.78 is 10.3. The van der Waals surface area contributed by atoms with E-state index in [-0.39, 0.29) is 19.2 Å². The number of ether oxygens (including phenoxy) is 2. The van der Waals surface area contributed by atoms with Crippen LogP contribution in [-0.4, -0.2) is 37.5 Å². The number of aliphatic hydroxyl groups is 1. The average Bonchev–Trinajstić information content (AvgIpc) is 2.26. The number of allylic oxidation sites excluding steroid dienone is 1. The predicted molar refractivity (Wildman–Crippen MR) is 50.7 cm³/mol. The Hall–Kier alpha value is -0.710. The second-order valence-corrected chi connectivity index (χ2v) is 3.40. The normalized spacial score (nSPS) is 21.3. The summed E-state index contributed by atoms with van der Waals surface area (Å²) in [6, 6.07) is 0. The van der Waals surface area contributed by atoms with E-state index in [0.717, 1.165) is 0 Å². The fraction of sp³-hybridized carbons (Fsp3) is 0.700. The van der Waals surface area contributed by atoms with Gasteiger partial charge < -0.3 is 14.6 Å². The Morgan fingerprint density at radius 3 is 2.64 bits per heavy atom. The Balaban J connectivity index is 2.67. The van der Waals surface area contributed by atoms with Crippen molar-refractivity contribution in [3.8, 4) is 0 Å². The number of rotatable bonds is 4. The zero-order valence-electron chi connectivity index (χ0n) is 8.36. The first-order valence-corrected chi connectivity index (χ1v) is 4.72. The third kappa shape index (κ3) is 2.41. The van der Waals surface area contributed by atoms with Gasteiger partial charge in [-0.3, -0.25) is 4.79 Å². The van der Waals surface area contributed by atoms with E-state index < -0.39 is 5.41 Å². The van der Waals surface area contributed by atoms with Gasteiger partial charge >= 0.3 is 0 Å². The Morgan fingerprint density at radius 2 is 2.14 bits per heavy atom. The highest BCUT2D eigenvalue weighted by Gasteiger charge is 2.37. The van der Waals surface area contributed by atoms with E-state index in [9.17, 15) is 4.79 Å². The van der Waals surface area contributed by atoms with Crippen LogP contribution in [-0.2, 0) is 14.3 Å². The summed E-state index contributed by atoms with van der Waals surface area (Å²) in [5, 5.41) is 8.57. The van der Waals surface area contributed by atoms with Crippen LogP contribution < -0.4 is 0 Å². The fourth-order valence-corrected chi connectivity index (χ4v) is 1.43. The SMILES string of the molecule is CCC1(C(=O)C=CCO)COCOC1. The molecule has 4 nitrogen and oxygen atoms in total. The summed E-state index contributed by atoms with van der Waals surface area (Å²) in [5.41, 5.74) is -0.552. The summed E-state index contributed by atoms with van der Waals surface area (Å²) in [5.74, 6) is -0.0336. The van der Waals surface area contributed by atoms with Gasteiger partial charge in [0, 0.05) is 0 Å². The molecule has 0 aliphatic carbocycles. The summed E-state index contributed by atoms with van der Waals surface area (Å²) in [6.45, 7) is 2.88. The van der Waals surface area contributed by atoms with Crippen LogP contribution in [0.2, 0.25) is 0 Å². The highest BCUT2D eigenvalue weighted by Crippen LogP contribution is 2.27. The zero-order chi connectivity index (χ0) is 10.4. The van der Waals surface area contributed by atoms with Gasteiger partial charge in [0.1, 0.15) is 6.79 Å². The molecule has 0 radical (unpaired) electrons. The largest absolute Gasteiger partial charge is 0.392 e. The van der Waals surface area contributed by atoms with Crippen molar-refractivity contribution in [2.24, 2.45) is 5.41 Å². The van der Waals surface area contributed by atoms with Gasteiger partial charge in [0.05, 0.1) is 25.2 Å². The molecule has 0 atom stereocenters. The fourth-order valence-electron chi connectivity index (χ4n) is 1.43. The van der Waals surface area contributed by atoms with Gasteiger partial charge in [-0.25, -0.2) is 0 Å². The van der Waals surface area contributed by atoms with Crippen molar-refractivity contribution in [3.63, 3.8) is 0 Å². The quantitative estimate of drug-likeness (QED) is 0.671. The van der Waals surface area contributed by atoms with Crippen molar-refractivity contribution in [2.45, 2.75) is 13.3 Å². The standard InChI is InChI=1S/C10H16O4/c1-2-10(6-13-8-14-7-10)9(12)4-3-5-11/h3-4,11H,2,5-8H2,1H3. The molecule has 0 bridgehead atoms. The van der Waals surface area contributed by atoms with Crippen LogP contribution in [0.15, 0.2) is 12.2 Å². The van der Waals surface area contributed by atoms with Crippen LogP contribution in [0.25, 0.3) is 0 Å². The highest BCUT2D eigenvalue weighted by atomic mass is 16.7. The first-order chi connectivity index (χ1) is 6.75. The molecule has 1 rings (SSSR count). The van der Waals surface area contributed by atoms with Gasteiger partial charge in [-0.15, -0.1) is 0 Å². The molecule has 0 aromatic carbocycles.